The molecule has 0 amide bonds. The number of rotatable bonds is 6. The summed E-state index contributed by atoms with van der Waals surface area (Å²) in [6.07, 6.45) is 5.87. The topological polar surface area (TPSA) is 72.2 Å². The van der Waals surface area contributed by atoms with Gasteiger partial charge in [0.2, 0.25) is 10.0 Å². The molecular formula is C14H21ClN2O2S. The summed E-state index contributed by atoms with van der Waals surface area (Å²) in [5.74, 6) is 0.660. The van der Waals surface area contributed by atoms with Crippen LogP contribution in [0.25, 0.3) is 0 Å². The fraction of sp³-hybridized carbons (Fsp3) is 0.571. The van der Waals surface area contributed by atoms with Crippen molar-refractivity contribution in [2.24, 2.45) is 11.7 Å². The molecule has 1 aliphatic carbocycles. The van der Waals surface area contributed by atoms with Gasteiger partial charge in [-0.05, 0) is 30.0 Å². The number of benzene rings is 1. The second kappa shape index (κ2) is 6.89. The van der Waals surface area contributed by atoms with E-state index in [9.17, 15) is 8.42 Å². The molecule has 3 N–H and O–H groups in total. The number of sulfonamides is 1. The van der Waals surface area contributed by atoms with Gasteiger partial charge in [0.05, 0.1) is 5.02 Å². The maximum atomic E-state index is 12.2. The maximum Gasteiger partial charge on any atom is 0.242 e. The third kappa shape index (κ3) is 3.95. The molecule has 0 bridgehead atoms. The highest BCUT2D eigenvalue weighted by atomic mass is 35.5. The number of hydrogen-bond acceptors (Lipinski definition) is 3. The standard InChI is InChI=1S/C14H21ClN2O2S/c15-13-9-12(10-16)5-6-14(13)20(18,19)17-8-7-11-3-1-2-4-11/h5-6,9,11,17H,1-4,7-8,10,16H2. The first kappa shape index (κ1) is 15.8. The van der Waals surface area contributed by atoms with E-state index in [1.165, 1.54) is 31.7 Å². The van der Waals surface area contributed by atoms with E-state index in [-0.39, 0.29) is 9.92 Å². The zero-order valence-corrected chi connectivity index (χ0v) is 13.0. The van der Waals surface area contributed by atoms with Gasteiger partial charge in [0.15, 0.2) is 0 Å². The Morgan fingerprint density at radius 3 is 2.60 bits per heavy atom. The van der Waals surface area contributed by atoms with Gasteiger partial charge < -0.3 is 5.73 Å². The minimum absolute atomic E-state index is 0.128. The second-order valence-electron chi connectivity index (χ2n) is 5.31. The molecule has 1 aromatic carbocycles. The molecule has 112 valence electrons. The van der Waals surface area contributed by atoms with Crippen LogP contribution in [-0.2, 0) is 16.6 Å². The van der Waals surface area contributed by atoms with E-state index in [1.54, 1.807) is 12.1 Å². The van der Waals surface area contributed by atoms with Crippen molar-refractivity contribution in [3.8, 4) is 0 Å². The van der Waals surface area contributed by atoms with Crippen LogP contribution in [-0.4, -0.2) is 15.0 Å². The Kier molecular flexibility index (Phi) is 5.43. The van der Waals surface area contributed by atoms with Crippen LogP contribution in [0, 0.1) is 5.92 Å². The van der Waals surface area contributed by atoms with Crippen LogP contribution >= 0.6 is 11.6 Å². The summed E-state index contributed by atoms with van der Waals surface area (Å²) in [5, 5.41) is 0.223. The van der Waals surface area contributed by atoms with Gasteiger partial charge in [0.1, 0.15) is 4.90 Å². The van der Waals surface area contributed by atoms with Crippen molar-refractivity contribution < 1.29 is 8.42 Å². The Morgan fingerprint density at radius 1 is 1.30 bits per heavy atom. The molecule has 0 aliphatic heterocycles. The second-order valence-corrected chi connectivity index (χ2v) is 7.45. The van der Waals surface area contributed by atoms with Gasteiger partial charge in [0.25, 0.3) is 0 Å². The van der Waals surface area contributed by atoms with Crippen molar-refractivity contribution in [3.05, 3.63) is 28.8 Å². The first-order chi connectivity index (χ1) is 9.53. The number of hydrogen-bond donors (Lipinski definition) is 2. The van der Waals surface area contributed by atoms with Crippen LogP contribution in [0.15, 0.2) is 23.1 Å². The molecule has 0 unspecified atom stereocenters. The Hall–Kier alpha value is -0.620. The molecule has 6 heteroatoms. The van der Waals surface area contributed by atoms with Gasteiger partial charge in [-0.15, -0.1) is 0 Å². The number of nitrogens with one attached hydrogen (secondary N) is 1. The SMILES string of the molecule is NCc1ccc(S(=O)(=O)NCCC2CCCC2)c(Cl)c1. The van der Waals surface area contributed by atoms with Crippen LogP contribution < -0.4 is 10.5 Å². The summed E-state index contributed by atoms with van der Waals surface area (Å²) < 4.78 is 27.0. The number of nitrogens with two attached hydrogens (primary N) is 1. The highest BCUT2D eigenvalue weighted by Crippen LogP contribution is 2.27. The molecule has 0 aromatic heterocycles. The third-order valence-corrected chi connectivity index (χ3v) is 5.78. The lowest BCUT2D eigenvalue weighted by molar-refractivity contribution is 0.495. The Balaban J connectivity index is 1.98. The van der Waals surface area contributed by atoms with Gasteiger partial charge in [-0.1, -0.05) is 43.4 Å². The summed E-state index contributed by atoms with van der Waals surface area (Å²) in [6.45, 7) is 0.817. The molecular weight excluding hydrogens is 296 g/mol. The lowest BCUT2D eigenvalue weighted by Crippen LogP contribution is -2.26. The average molecular weight is 317 g/mol. The summed E-state index contributed by atoms with van der Waals surface area (Å²) in [6, 6.07) is 4.81. The molecule has 1 aromatic rings. The van der Waals surface area contributed by atoms with E-state index < -0.39 is 10.0 Å². The minimum atomic E-state index is -3.53. The van der Waals surface area contributed by atoms with Crippen molar-refractivity contribution in [2.75, 3.05) is 6.54 Å². The minimum Gasteiger partial charge on any atom is -0.326 e. The van der Waals surface area contributed by atoms with Crippen molar-refractivity contribution in [3.63, 3.8) is 0 Å². The molecule has 2 rings (SSSR count). The molecule has 1 aliphatic rings. The summed E-state index contributed by atoms with van der Waals surface area (Å²) in [7, 11) is -3.53. The summed E-state index contributed by atoms with van der Waals surface area (Å²) in [4.78, 5) is 0.128. The number of halogens is 1. The quantitative estimate of drug-likeness (QED) is 0.847. The molecule has 0 atom stereocenters. The zero-order chi connectivity index (χ0) is 14.6. The molecule has 1 fully saturated rings. The molecule has 0 spiro atoms. The zero-order valence-electron chi connectivity index (χ0n) is 11.4. The van der Waals surface area contributed by atoms with E-state index in [0.29, 0.717) is 19.0 Å². The van der Waals surface area contributed by atoms with Crippen LogP contribution in [0.1, 0.15) is 37.7 Å². The molecule has 1 saturated carbocycles. The van der Waals surface area contributed by atoms with E-state index >= 15 is 0 Å². The summed E-state index contributed by atoms with van der Waals surface area (Å²) in [5.41, 5.74) is 6.32. The predicted molar refractivity (Wildman–Crippen MR) is 81.1 cm³/mol. The van der Waals surface area contributed by atoms with Crippen molar-refractivity contribution in [2.45, 2.75) is 43.5 Å². The molecule has 0 radical (unpaired) electrons. The smallest absolute Gasteiger partial charge is 0.242 e. The van der Waals surface area contributed by atoms with E-state index in [4.69, 9.17) is 17.3 Å². The van der Waals surface area contributed by atoms with Crippen LogP contribution in [0.4, 0.5) is 0 Å². The third-order valence-electron chi connectivity index (χ3n) is 3.84. The van der Waals surface area contributed by atoms with E-state index in [0.717, 1.165) is 12.0 Å². The lowest BCUT2D eigenvalue weighted by Gasteiger charge is -2.12. The maximum absolute atomic E-state index is 12.2. The monoisotopic (exact) mass is 316 g/mol. The first-order valence-corrected chi connectivity index (χ1v) is 8.87. The Labute approximate surface area is 125 Å². The van der Waals surface area contributed by atoms with Crippen LogP contribution in [0.3, 0.4) is 0 Å². The highest BCUT2D eigenvalue weighted by Gasteiger charge is 2.19. The fourth-order valence-electron chi connectivity index (χ4n) is 2.66. The Morgan fingerprint density at radius 2 is 2.00 bits per heavy atom. The van der Waals surface area contributed by atoms with Crippen molar-refractivity contribution >= 4 is 21.6 Å². The summed E-state index contributed by atoms with van der Waals surface area (Å²) >= 11 is 6.02. The van der Waals surface area contributed by atoms with Gasteiger partial charge in [0, 0.05) is 13.1 Å². The highest BCUT2D eigenvalue weighted by molar-refractivity contribution is 7.89. The largest absolute Gasteiger partial charge is 0.326 e. The molecule has 0 heterocycles. The van der Waals surface area contributed by atoms with E-state index in [2.05, 4.69) is 4.72 Å². The fourth-order valence-corrected chi connectivity index (χ4v) is 4.28. The van der Waals surface area contributed by atoms with Crippen LogP contribution in [0.5, 0.6) is 0 Å². The van der Waals surface area contributed by atoms with Crippen molar-refractivity contribution in [1.29, 1.82) is 0 Å². The van der Waals surface area contributed by atoms with Gasteiger partial charge in [-0.2, -0.15) is 0 Å². The van der Waals surface area contributed by atoms with Gasteiger partial charge in [-0.25, -0.2) is 13.1 Å². The average Bonchev–Trinajstić information content (AvgIpc) is 2.91. The predicted octanol–water partition coefficient (Wildman–Crippen LogP) is 2.66. The van der Waals surface area contributed by atoms with Gasteiger partial charge >= 0.3 is 0 Å². The van der Waals surface area contributed by atoms with Crippen LogP contribution in [0.2, 0.25) is 5.02 Å². The lowest BCUT2D eigenvalue weighted by atomic mass is 10.1. The molecule has 4 nitrogen and oxygen atoms in total. The van der Waals surface area contributed by atoms with E-state index in [1.807, 2.05) is 0 Å². The van der Waals surface area contributed by atoms with Crippen molar-refractivity contribution in [1.82, 2.24) is 4.72 Å². The normalized spacial score (nSPS) is 16.7. The first-order valence-electron chi connectivity index (χ1n) is 7.01. The Bertz CT molecular complexity index is 554. The molecule has 0 saturated heterocycles. The van der Waals surface area contributed by atoms with Gasteiger partial charge in [-0.3, -0.25) is 0 Å². The molecule has 20 heavy (non-hydrogen) atoms.